The van der Waals surface area contributed by atoms with E-state index in [2.05, 4.69) is 12.1 Å². The number of hydrogen-bond acceptors (Lipinski definition) is 9. The van der Waals surface area contributed by atoms with E-state index in [1.165, 1.54) is 5.56 Å². The molecule has 7 nitrogen and oxygen atoms in total. The molecule has 0 radical (unpaired) electrons. The summed E-state index contributed by atoms with van der Waals surface area (Å²) in [6.07, 6.45) is -2.29. The summed E-state index contributed by atoms with van der Waals surface area (Å²) in [6.45, 7) is 2.75. The largest absolute Gasteiger partial charge is 0.374 e. The van der Waals surface area contributed by atoms with Crippen LogP contribution in [0.4, 0.5) is 0 Å². The Morgan fingerprint density at radius 1 is 0.604 bits per heavy atom. The van der Waals surface area contributed by atoms with Gasteiger partial charge in [0, 0.05) is 5.75 Å². The highest BCUT2D eigenvalue weighted by molar-refractivity contribution is 8.07. The van der Waals surface area contributed by atoms with Crippen molar-refractivity contribution in [3.05, 3.63) is 144 Å². The van der Waals surface area contributed by atoms with E-state index in [9.17, 15) is 0 Å². The fourth-order valence-corrected chi connectivity index (χ4v) is 8.91. The van der Waals surface area contributed by atoms with Crippen LogP contribution in [0.25, 0.3) is 0 Å². The van der Waals surface area contributed by atoms with Gasteiger partial charge >= 0.3 is 6.72 Å². The zero-order valence-corrected chi connectivity index (χ0v) is 30.0. The zero-order chi connectivity index (χ0) is 33.4. The number of rotatable bonds is 19. The monoisotopic (exact) mass is 708 g/mol. The van der Waals surface area contributed by atoms with Gasteiger partial charge in [-0.05, 0) is 47.9 Å². The van der Waals surface area contributed by atoms with Crippen LogP contribution in [0.1, 0.15) is 36.1 Å². The molecule has 1 aliphatic rings. The predicted molar refractivity (Wildman–Crippen MR) is 195 cm³/mol. The minimum Gasteiger partial charge on any atom is -0.374 e. The molecule has 0 amide bonds. The van der Waals surface area contributed by atoms with Gasteiger partial charge in [-0.3, -0.25) is 4.52 Å². The molecule has 0 aromatic heterocycles. The SMILES string of the molecule is CCOP(=S)(OCC)O[C@@H]1[C@@H](OCc2ccccc2)[C@H](OCc2ccccc2)[C@@H](COCc2ccccc2)O[C@H]1SCc1ccccc1. The molecule has 4 aromatic carbocycles. The van der Waals surface area contributed by atoms with E-state index in [-0.39, 0.29) is 0 Å². The van der Waals surface area contributed by atoms with E-state index >= 15 is 0 Å². The van der Waals surface area contributed by atoms with Crippen molar-refractivity contribution >= 4 is 30.3 Å². The molecule has 0 spiro atoms. The maximum absolute atomic E-state index is 6.91. The van der Waals surface area contributed by atoms with Crippen molar-refractivity contribution in [1.82, 2.24) is 0 Å². The van der Waals surface area contributed by atoms with Crippen molar-refractivity contribution in [2.45, 2.75) is 69.3 Å². The molecule has 1 heterocycles. The summed E-state index contributed by atoms with van der Waals surface area (Å²) in [5, 5.41) is 0. The third-order valence-corrected chi connectivity index (χ3v) is 11.4. The second kappa shape index (κ2) is 19.7. The lowest BCUT2D eigenvalue weighted by Gasteiger charge is -2.46. The standard InChI is InChI=1S/C38H45O7PS2/c1-3-42-46(47,43-4-2)45-37-36(41-27-32-21-13-7-14-22-32)35(40-26-31-19-11-6-12-20-31)34(28-39-25-30-17-9-5-10-18-30)44-38(37)48-29-33-23-15-8-16-24-33/h5-24,34-38H,3-4,25-29H2,1-2H3/t34-,35-,36+,37-,38+/m1/s1. The van der Waals surface area contributed by atoms with Gasteiger partial charge < -0.3 is 28.0 Å². The lowest BCUT2D eigenvalue weighted by Crippen LogP contribution is -2.60. The van der Waals surface area contributed by atoms with Crippen LogP contribution in [0.3, 0.4) is 0 Å². The van der Waals surface area contributed by atoms with Crippen molar-refractivity contribution in [2.24, 2.45) is 0 Å². The van der Waals surface area contributed by atoms with Gasteiger partial charge in [0.05, 0.1) is 39.6 Å². The van der Waals surface area contributed by atoms with Gasteiger partial charge in [0.15, 0.2) is 0 Å². The molecule has 0 N–H and O–H groups in total. The van der Waals surface area contributed by atoms with Crippen LogP contribution in [0, 0.1) is 0 Å². The number of benzene rings is 4. The second-order valence-electron chi connectivity index (χ2n) is 11.2. The Balaban J connectivity index is 1.49. The van der Waals surface area contributed by atoms with E-state index in [1.807, 2.05) is 123 Å². The van der Waals surface area contributed by atoms with Gasteiger partial charge in [0.1, 0.15) is 29.9 Å². The minimum atomic E-state index is -3.17. The molecule has 0 unspecified atom stereocenters. The summed E-state index contributed by atoms with van der Waals surface area (Å²) < 4.78 is 45.5. The van der Waals surface area contributed by atoms with Gasteiger partial charge in [0.2, 0.25) is 0 Å². The predicted octanol–water partition coefficient (Wildman–Crippen LogP) is 8.72. The highest BCUT2D eigenvalue weighted by atomic mass is 32.5. The number of thioether (sulfide) groups is 1. The Morgan fingerprint density at radius 2 is 1.06 bits per heavy atom. The average Bonchev–Trinajstić information content (AvgIpc) is 3.12. The van der Waals surface area contributed by atoms with E-state index in [0.717, 1.165) is 16.7 Å². The lowest BCUT2D eigenvalue weighted by atomic mass is 9.99. The maximum atomic E-state index is 6.91. The summed E-state index contributed by atoms with van der Waals surface area (Å²) in [4.78, 5) is 0. The first-order valence-electron chi connectivity index (χ1n) is 16.4. The fourth-order valence-electron chi connectivity index (χ4n) is 5.37. The summed E-state index contributed by atoms with van der Waals surface area (Å²) >= 11 is 7.57. The highest BCUT2D eigenvalue weighted by Gasteiger charge is 2.50. The fraction of sp³-hybridized carbons (Fsp3) is 0.368. The molecule has 10 heteroatoms. The molecule has 0 aliphatic carbocycles. The van der Waals surface area contributed by atoms with Crippen molar-refractivity contribution in [3.63, 3.8) is 0 Å². The summed E-state index contributed by atoms with van der Waals surface area (Å²) in [5.41, 5.74) is 3.83. The van der Waals surface area contributed by atoms with Gasteiger partial charge in [-0.2, -0.15) is 0 Å². The Morgan fingerprint density at radius 3 is 1.56 bits per heavy atom. The second-order valence-corrected chi connectivity index (χ2v) is 15.3. The van der Waals surface area contributed by atoms with Crippen molar-refractivity contribution < 1.29 is 32.5 Å². The van der Waals surface area contributed by atoms with E-state index in [0.29, 0.717) is 45.4 Å². The Kier molecular flexibility index (Phi) is 15.1. The smallest absolute Gasteiger partial charge is 0.327 e. The molecule has 1 saturated heterocycles. The summed E-state index contributed by atoms with van der Waals surface area (Å²) in [5.74, 6) is 0.691. The van der Waals surface area contributed by atoms with Crippen molar-refractivity contribution in [3.8, 4) is 0 Å². The van der Waals surface area contributed by atoms with Crippen molar-refractivity contribution in [1.29, 1.82) is 0 Å². The van der Waals surface area contributed by atoms with Gasteiger partial charge in [0.25, 0.3) is 0 Å². The lowest BCUT2D eigenvalue weighted by molar-refractivity contribution is -0.239. The molecule has 48 heavy (non-hydrogen) atoms. The Hall–Kier alpha value is -2.40. The average molecular weight is 709 g/mol. The first-order valence-corrected chi connectivity index (χ1v) is 20.0. The van der Waals surface area contributed by atoms with Crippen LogP contribution in [0.2, 0.25) is 0 Å². The van der Waals surface area contributed by atoms with Crippen LogP contribution in [0.5, 0.6) is 0 Å². The van der Waals surface area contributed by atoms with Crippen LogP contribution in [0.15, 0.2) is 121 Å². The summed E-state index contributed by atoms with van der Waals surface area (Å²) in [7, 11) is 0. The normalized spacial score (nSPS) is 21.2. The molecule has 1 aliphatic heterocycles. The zero-order valence-electron chi connectivity index (χ0n) is 27.5. The van der Waals surface area contributed by atoms with Gasteiger partial charge in [-0.25, -0.2) is 0 Å². The van der Waals surface area contributed by atoms with Crippen LogP contribution < -0.4 is 0 Å². The molecule has 5 rings (SSSR count). The molecule has 4 aromatic rings. The Bertz CT molecular complexity index is 1490. The third-order valence-electron chi connectivity index (χ3n) is 7.64. The highest BCUT2D eigenvalue weighted by Crippen LogP contribution is 2.54. The molecule has 0 saturated carbocycles. The third kappa shape index (κ3) is 11.3. The number of hydrogen-bond donors (Lipinski definition) is 0. The van der Waals surface area contributed by atoms with Crippen LogP contribution >= 0.6 is 18.5 Å². The first-order chi connectivity index (χ1) is 23.6. The number of ether oxygens (including phenoxy) is 4. The minimum absolute atomic E-state index is 0.291. The topological polar surface area (TPSA) is 64.6 Å². The summed E-state index contributed by atoms with van der Waals surface area (Å²) in [6, 6.07) is 40.6. The molecule has 256 valence electrons. The quantitative estimate of drug-likeness (QED) is 0.0891. The van der Waals surface area contributed by atoms with E-state index < -0.39 is 36.6 Å². The molecule has 1 fully saturated rings. The van der Waals surface area contributed by atoms with Gasteiger partial charge in [-0.15, -0.1) is 11.8 Å². The molecule has 0 bridgehead atoms. The molecule has 5 atom stereocenters. The van der Waals surface area contributed by atoms with E-state index in [4.69, 9.17) is 44.3 Å². The molecular formula is C38H45O7PS2. The van der Waals surface area contributed by atoms with Crippen molar-refractivity contribution in [2.75, 3.05) is 19.8 Å². The Labute approximate surface area is 294 Å². The van der Waals surface area contributed by atoms with Gasteiger partial charge in [-0.1, -0.05) is 121 Å². The van der Waals surface area contributed by atoms with E-state index in [1.54, 1.807) is 11.8 Å². The maximum Gasteiger partial charge on any atom is 0.327 e. The van der Waals surface area contributed by atoms with Crippen LogP contribution in [-0.2, 0) is 69.9 Å². The first kappa shape index (κ1) is 36.9. The molecular weight excluding hydrogens is 664 g/mol. The van der Waals surface area contributed by atoms with Crippen LogP contribution in [-0.4, -0.2) is 49.7 Å².